The molecule has 1 aliphatic carbocycles. The van der Waals surface area contributed by atoms with Crippen LogP contribution >= 0.6 is 0 Å². The molecule has 0 spiro atoms. The van der Waals surface area contributed by atoms with Crippen molar-refractivity contribution in [3.05, 3.63) is 65.2 Å². The van der Waals surface area contributed by atoms with E-state index in [1.165, 1.54) is 6.42 Å². The second-order valence-electron chi connectivity index (χ2n) is 8.66. The van der Waals surface area contributed by atoms with E-state index in [0.717, 1.165) is 29.7 Å². The van der Waals surface area contributed by atoms with Gasteiger partial charge in [-0.15, -0.1) is 0 Å². The standard InChI is InChI=1S/C25H30N2O3/c1-16-8-6-13-22(17(16)2)26-24(28)23-20-11-4-5-12-21(20)25(29)27(23)15-18-9-7-10-19(14-18)30-3/h4-5,7,9-12,14,16-17,22-23H,6,8,13,15H2,1-3H3,(H,26,28)/t16-,17-,22+,23+/m0/s1. The molecule has 4 atom stereocenters. The molecule has 0 unspecified atom stereocenters. The number of hydrogen-bond acceptors (Lipinski definition) is 3. The van der Waals surface area contributed by atoms with Crippen LogP contribution in [0.5, 0.6) is 5.75 Å². The van der Waals surface area contributed by atoms with Crippen LogP contribution in [0.15, 0.2) is 48.5 Å². The number of benzene rings is 2. The molecule has 2 aromatic carbocycles. The van der Waals surface area contributed by atoms with Gasteiger partial charge in [0.1, 0.15) is 11.8 Å². The Hall–Kier alpha value is -2.82. The highest BCUT2D eigenvalue weighted by Gasteiger charge is 2.42. The molecule has 1 heterocycles. The first kappa shape index (κ1) is 20.5. The lowest BCUT2D eigenvalue weighted by atomic mass is 9.78. The molecule has 2 amide bonds. The number of rotatable bonds is 5. The summed E-state index contributed by atoms with van der Waals surface area (Å²) in [5, 5.41) is 3.28. The van der Waals surface area contributed by atoms with Crippen LogP contribution in [0.3, 0.4) is 0 Å². The molecule has 0 saturated heterocycles. The number of nitrogens with zero attached hydrogens (tertiary/aromatic N) is 1. The van der Waals surface area contributed by atoms with Crippen molar-refractivity contribution in [1.82, 2.24) is 10.2 Å². The van der Waals surface area contributed by atoms with Gasteiger partial charge in [0, 0.05) is 18.2 Å². The molecular weight excluding hydrogens is 376 g/mol. The molecule has 5 heteroatoms. The van der Waals surface area contributed by atoms with Crippen molar-refractivity contribution in [2.75, 3.05) is 7.11 Å². The van der Waals surface area contributed by atoms with Gasteiger partial charge in [0.15, 0.2) is 0 Å². The molecular formula is C25H30N2O3. The van der Waals surface area contributed by atoms with E-state index >= 15 is 0 Å². The Morgan fingerprint density at radius 1 is 1.13 bits per heavy atom. The maximum Gasteiger partial charge on any atom is 0.255 e. The summed E-state index contributed by atoms with van der Waals surface area (Å²) in [7, 11) is 1.62. The Morgan fingerprint density at radius 2 is 1.93 bits per heavy atom. The average Bonchev–Trinajstić information content (AvgIpc) is 3.03. The van der Waals surface area contributed by atoms with E-state index < -0.39 is 6.04 Å². The fourth-order valence-electron chi connectivity index (χ4n) is 4.83. The van der Waals surface area contributed by atoms with E-state index in [-0.39, 0.29) is 17.9 Å². The molecule has 2 aliphatic rings. The predicted molar refractivity (Wildman–Crippen MR) is 116 cm³/mol. The summed E-state index contributed by atoms with van der Waals surface area (Å²) < 4.78 is 5.32. The molecule has 30 heavy (non-hydrogen) atoms. The number of carbonyl (C=O) groups excluding carboxylic acids is 2. The van der Waals surface area contributed by atoms with Crippen LogP contribution in [-0.4, -0.2) is 29.9 Å². The van der Waals surface area contributed by atoms with Crippen LogP contribution < -0.4 is 10.1 Å². The highest BCUT2D eigenvalue weighted by molar-refractivity contribution is 6.04. The van der Waals surface area contributed by atoms with Gasteiger partial charge in [0.05, 0.1) is 7.11 Å². The zero-order valence-electron chi connectivity index (χ0n) is 17.9. The van der Waals surface area contributed by atoms with Gasteiger partial charge in [-0.05, 0) is 47.6 Å². The van der Waals surface area contributed by atoms with E-state index in [1.807, 2.05) is 48.5 Å². The number of ether oxygens (including phenoxy) is 1. The fourth-order valence-corrected chi connectivity index (χ4v) is 4.83. The van der Waals surface area contributed by atoms with E-state index in [2.05, 4.69) is 19.2 Å². The highest BCUT2D eigenvalue weighted by atomic mass is 16.5. The zero-order valence-corrected chi connectivity index (χ0v) is 17.9. The first-order valence-corrected chi connectivity index (χ1v) is 10.8. The highest BCUT2D eigenvalue weighted by Crippen LogP contribution is 2.36. The normalized spacial score (nSPS) is 25.7. The first-order valence-electron chi connectivity index (χ1n) is 10.8. The first-order chi connectivity index (χ1) is 14.5. The lowest BCUT2D eigenvalue weighted by molar-refractivity contribution is -0.127. The Morgan fingerprint density at radius 3 is 2.73 bits per heavy atom. The Bertz CT molecular complexity index is 941. The minimum absolute atomic E-state index is 0.0813. The minimum Gasteiger partial charge on any atom is -0.497 e. The summed E-state index contributed by atoms with van der Waals surface area (Å²) in [5.41, 5.74) is 2.35. The van der Waals surface area contributed by atoms with E-state index in [9.17, 15) is 9.59 Å². The lowest BCUT2D eigenvalue weighted by Gasteiger charge is -2.36. The maximum atomic E-state index is 13.5. The van der Waals surface area contributed by atoms with Gasteiger partial charge in [-0.3, -0.25) is 9.59 Å². The summed E-state index contributed by atoms with van der Waals surface area (Å²) in [6, 6.07) is 14.7. The second-order valence-corrected chi connectivity index (χ2v) is 8.66. The molecule has 0 aromatic heterocycles. The largest absolute Gasteiger partial charge is 0.497 e. The van der Waals surface area contributed by atoms with Gasteiger partial charge < -0.3 is 15.0 Å². The summed E-state index contributed by atoms with van der Waals surface area (Å²) in [6.07, 6.45) is 3.33. The van der Waals surface area contributed by atoms with Crippen LogP contribution in [0.1, 0.15) is 60.6 Å². The second kappa shape index (κ2) is 8.50. The van der Waals surface area contributed by atoms with Gasteiger partial charge in [-0.1, -0.05) is 57.0 Å². The number of nitrogens with one attached hydrogen (secondary N) is 1. The van der Waals surface area contributed by atoms with Crippen molar-refractivity contribution in [2.45, 2.75) is 51.7 Å². The maximum absolute atomic E-state index is 13.5. The van der Waals surface area contributed by atoms with Gasteiger partial charge in [-0.25, -0.2) is 0 Å². The fraction of sp³-hybridized carbons (Fsp3) is 0.440. The van der Waals surface area contributed by atoms with E-state index in [0.29, 0.717) is 23.9 Å². The van der Waals surface area contributed by atoms with Crippen molar-refractivity contribution in [1.29, 1.82) is 0 Å². The summed E-state index contributed by atoms with van der Waals surface area (Å²) in [5.74, 6) is 1.58. The molecule has 158 valence electrons. The van der Waals surface area contributed by atoms with Crippen LogP contribution in [0.2, 0.25) is 0 Å². The minimum atomic E-state index is -0.607. The molecule has 4 rings (SSSR count). The topological polar surface area (TPSA) is 58.6 Å². The smallest absolute Gasteiger partial charge is 0.255 e. The monoisotopic (exact) mass is 406 g/mol. The van der Waals surface area contributed by atoms with Crippen LogP contribution in [0, 0.1) is 11.8 Å². The number of fused-ring (bicyclic) bond motifs is 1. The molecule has 1 fully saturated rings. The number of carbonyl (C=O) groups is 2. The third-order valence-corrected chi connectivity index (χ3v) is 6.83. The molecule has 1 saturated carbocycles. The molecule has 2 aromatic rings. The van der Waals surface area contributed by atoms with Crippen molar-refractivity contribution >= 4 is 11.8 Å². The van der Waals surface area contributed by atoms with Crippen molar-refractivity contribution in [2.24, 2.45) is 11.8 Å². The SMILES string of the molecule is COc1cccc(CN2C(=O)c3ccccc3[C@@H]2C(=O)N[C@@H]2CCC[C@H](C)[C@@H]2C)c1. The summed E-state index contributed by atoms with van der Waals surface area (Å²) in [4.78, 5) is 28.3. The molecule has 0 bridgehead atoms. The zero-order chi connectivity index (χ0) is 21.3. The van der Waals surface area contributed by atoms with Crippen molar-refractivity contribution in [3.63, 3.8) is 0 Å². The number of hydrogen-bond donors (Lipinski definition) is 1. The van der Waals surface area contributed by atoms with Crippen LogP contribution in [-0.2, 0) is 11.3 Å². The number of amides is 2. The van der Waals surface area contributed by atoms with Gasteiger partial charge in [0.2, 0.25) is 5.91 Å². The van der Waals surface area contributed by atoms with Crippen molar-refractivity contribution in [3.8, 4) is 5.75 Å². The van der Waals surface area contributed by atoms with Gasteiger partial charge >= 0.3 is 0 Å². The van der Waals surface area contributed by atoms with Gasteiger partial charge in [0.25, 0.3) is 5.91 Å². The Labute approximate surface area is 178 Å². The predicted octanol–water partition coefficient (Wildman–Crippen LogP) is 4.33. The Kier molecular flexibility index (Phi) is 5.80. The summed E-state index contributed by atoms with van der Waals surface area (Å²) >= 11 is 0. The average molecular weight is 407 g/mol. The molecule has 1 N–H and O–H groups in total. The Balaban J connectivity index is 1.61. The summed E-state index contributed by atoms with van der Waals surface area (Å²) in [6.45, 7) is 4.84. The quantitative estimate of drug-likeness (QED) is 0.804. The van der Waals surface area contributed by atoms with Crippen LogP contribution in [0.25, 0.3) is 0 Å². The lowest BCUT2D eigenvalue weighted by Crippen LogP contribution is -2.48. The molecule has 5 nitrogen and oxygen atoms in total. The van der Waals surface area contributed by atoms with E-state index in [1.54, 1.807) is 12.0 Å². The van der Waals surface area contributed by atoms with E-state index in [4.69, 9.17) is 4.74 Å². The number of methoxy groups -OCH3 is 1. The van der Waals surface area contributed by atoms with Gasteiger partial charge in [-0.2, -0.15) is 0 Å². The molecule has 1 aliphatic heterocycles. The van der Waals surface area contributed by atoms with Crippen LogP contribution in [0.4, 0.5) is 0 Å². The third-order valence-electron chi connectivity index (χ3n) is 6.83. The third kappa shape index (κ3) is 3.81. The van der Waals surface area contributed by atoms with Crippen molar-refractivity contribution < 1.29 is 14.3 Å². The molecule has 0 radical (unpaired) electrons.